The fourth-order valence-electron chi connectivity index (χ4n) is 3.36. The topological polar surface area (TPSA) is 125 Å². The molecule has 1 saturated heterocycles. The molecule has 2 heterocycles. The number of aromatic nitrogens is 4. The van der Waals surface area contributed by atoms with E-state index in [4.69, 9.17) is 0 Å². The number of rotatable bonds is 8. The molecule has 0 radical (unpaired) electrons. The van der Waals surface area contributed by atoms with Gasteiger partial charge in [0.05, 0.1) is 12.3 Å². The Hall–Kier alpha value is -2.99. The second kappa shape index (κ2) is 10.1. The number of tetrazole rings is 1. The van der Waals surface area contributed by atoms with Crippen LogP contribution in [0.3, 0.4) is 0 Å². The van der Waals surface area contributed by atoms with Crippen molar-refractivity contribution in [1.82, 2.24) is 35.3 Å². The molecule has 32 heavy (non-hydrogen) atoms. The van der Waals surface area contributed by atoms with Crippen LogP contribution in [0.15, 0.2) is 29.4 Å². The number of hydrogen-bond acceptors (Lipinski definition) is 8. The molecule has 2 N–H and O–H groups in total. The summed E-state index contributed by atoms with van der Waals surface area (Å²) >= 11 is 1.24. The van der Waals surface area contributed by atoms with Crippen LogP contribution in [0.25, 0.3) is 0 Å². The van der Waals surface area contributed by atoms with E-state index in [9.17, 15) is 14.4 Å². The molecule has 1 aromatic heterocycles. The number of aryl methyl sites for hydroxylation is 1. The molecule has 12 heteroatoms. The van der Waals surface area contributed by atoms with Crippen LogP contribution in [-0.4, -0.2) is 92.2 Å². The monoisotopic (exact) mass is 458 g/mol. The van der Waals surface area contributed by atoms with Crippen molar-refractivity contribution in [3.8, 4) is 0 Å². The number of carbonyl (C=O) groups excluding carboxylic acids is 3. The van der Waals surface area contributed by atoms with Crippen molar-refractivity contribution in [3.63, 3.8) is 0 Å². The molecule has 0 unspecified atom stereocenters. The second-order valence-corrected chi connectivity index (χ2v) is 8.85. The molecule has 4 rings (SSSR count). The van der Waals surface area contributed by atoms with Crippen LogP contribution in [0.4, 0.5) is 5.69 Å². The summed E-state index contributed by atoms with van der Waals surface area (Å²) in [4.78, 5) is 40.8. The van der Waals surface area contributed by atoms with E-state index in [1.54, 1.807) is 36.2 Å². The maximum absolute atomic E-state index is 12.8. The molecule has 1 aromatic carbocycles. The summed E-state index contributed by atoms with van der Waals surface area (Å²) in [5, 5.41) is 17.4. The van der Waals surface area contributed by atoms with Gasteiger partial charge in [-0.25, -0.2) is 4.68 Å². The van der Waals surface area contributed by atoms with Crippen molar-refractivity contribution in [2.45, 2.75) is 24.0 Å². The van der Waals surface area contributed by atoms with E-state index in [1.807, 2.05) is 0 Å². The van der Waals surface area contributed by atoms with Crippen LogP contribution < -0.4 is 10.6 Å². The first-order valence-electron chi connectivity index (χ1n) is 10.5. The van der Waals surface area contributed by atoms with Gasteiger partial charge >= 0.3 is 0 Å². The van der Waals surface area contributed by atoms with E-state index in [2.05, 4.69) is 31.1 Å². The third-order valence-electron chi connectivity index (χ3n) is 5.30. The van der Waals surface area contributed by atoms with E-state index in [0.29, 0.717) is 55.2 Å². The van der Waals surface area contributed by atoms with Gasteiger partial charge in [-0.3, -0.25) is 19.3 Å². The lowest BCUT2D eigenvalue weighted by atomic mass is 10.1. The Morgan fingerprint density at radius 1 is 1.06 bits per heavy atom. The fourth-order valence-corrected chi connectivity index (χ4v) is 4.01. The van der Waals surface area contributed by atoms with Gasteiger partial charge in [0.2, 0.25) is 17.0 Å². The lowest BCUT2D eigenvalue weighted by Gasteiger charge is -2.34. The molecule has 1 aliphatic heterocycles. The van der Waals surface area contributed by atoms with Crippen molar-refractivity contribution in [2.24, 2.45) is 7.05 Å². The van der Waals surface area contributed by atoms with Gasteiger partial charge in [-0.2, -0.15) is 0 Å². The maximum atomic E-state index is 12.8. The maximum Gasteiger partial charge on any atom is 0.253 e. The molecule has 2 aromatic rings. The Bertz CT molecular complexity index is 967. The zero-order valence-corrected chi connectivity index (χ0v) is 18.7. The van der Waals surface area contributed by atoms with Crippen molar-refractivity contribution >= 4 is 35.2 Å². The summed E-state index contributed by atoms with van der Waals surface area (Å²) in [7, 11) is 1.71. The molecule has 2 aliphatic rings. The van der Waals surface area contributed by atoms with Crippen molar-refractivity contribution in [3.05, 3.63) is 29.8 Å². The van der Waals surface area contributed by atoms with E-state index >= 15 is 0 Å². The van der Waals surface area contributed by atoms with Gasteiger partial charge in [0.15, 0.2) is 0 Å². The Morgan fingerprint density at radius 3 is 2.41 bits per heavy atom. The van der Waals surface area contributed by atoms with Crippen molar-refractivity contribution in [1.29, 1.82) is 0 Å². The third kappa shape index (κ3) is 6.04. The number of thioether (sulfide) groups is 1. The highest BCUT2D eigenvalue weighted by Gasteiger charge is 2.26. The average molecular weight is 459 g/mol. The molecule has 0 atom stereocenters. The standard InChI is InChI=1S/C20H26N8O3S/c1-26-20(23-24-25-26)32-13-18(30)22-15-4-2-14(3-5-15)19(31)28-10-8-27(9-11-28)12-17(29)21-16-6-7-16/h2-5,16H,6-13H2,1H3,(H,21,29)(H,22,30). The summed E-state index contributed by atoms with van der Waals surface area (Å²) < 4.78 is 1.50. The van der Waals surface area contributed by atoms with Gasteiger partial charge in [-0.05, 0) is 47.5 Å². The Kier molecular flexibility index (Phi) is 7.00. The van der Waals surface area contributed by atoms with E-state index in [1.165, 1.54) is 16.4 Å². The van der Waals surface area contributed by atoms with Gasteiger partial charge < -0.3 is 15.5 Å². The first kappa shape index (κ1) is 22.2. The first-order chi connectivity index (χ1) is 15.5. The van der Waals surface area contributed by atoms with E-state index in [0.717, 1.165) is 12.8 Å². The quantitative estimate of drug-likeness (QED) is 0.529. The molecule has 11 nitrogen and oxygen atoms in total. The van der Waals surface area contributed by atoms with Gasteiger partial charge in [0.25, 0.3) is 5.91 Å². The molecule has 1 saturated carbocycles. The van der Waals surface area contributed by atoms with Crippen LogP contribution in [0.2, 0.25) is 0 Å². The summed E-state index contributed by atoms with van der Waals surface area (Å²) in [6, 6.07) is 7.24. The third-order valence-corrected chi connectivity index (χ3v) is 6.31. The highest BCUT2D eigenvalue weighted by molar-refractivity contribution is 7.99. The molecule has 0 spiro atoms. The predicted octanol–water partition coefficient (Wildman–Crippen LogP) is -0.0227. The molecule has 1 aliphatic carbocycles. The summed E-state index contributed by atoms with van der Waals surface area (Å²) in [6.07, 6.45) is 2.16. The van der Waals surface area contributed by atoms with Gasteiger partial charge in [0, 0.05) is 50.5 Å². The van der Waals surface area contributed by atoms with Crippen LogP contribution in [-0.2, 0) is 16.6 Å². The highest BCUT2D eigenvalue weighted by atomic mass is 32.2. The number of nitrogens with one attached hydrogen (secondary N) is 2. The minimum atomic E-state index is -0.182. The molecule has 170 valence electrons. The predicted molar refractivity (Wildman–Crippen MR) is 118 cm³/mol. The number of amides is 3. The zero-order chi connectivity index (χ0) is 22.5. The number of anilines is 1. The number of piperazine rings is 1. The SMILES string of the molecule is Cn1nnnc1SCC(=O)Nc1ccc(C(=O)N2CCN(CC(=O)NC3CC3)CC2)cc1. The molecule has 3 amide bonds. The smallest absolute Gasteiger partial charge is 0.253 e. The number of benzene rings is 1. The van der Waals surface area contributed by atoms with E-state index < -0.39 is 0 Å². The molecule has 0 bridgehead atoms. The summed E-state index contributed by atoms with van der Waals surface area (Å²) in [6.45, 7) is 2.91. The van der Waals surface area contributed by atoms with Crippen LogP contribution in [0.1, 0.15) is 23.2 Å². The lowest BCUT2D eigenvalue weighted by Crippen LogP contribution is -2.51. The summed E-state index contributed by atoms with van der Waals surface area (Å²) in [5.74, 6) is 0.0171. The second-order valence-electron chi connectivity index (χ2n) is 7.91. The number of hydrogen-bond donors (Lipinski definition) is 2. The van der Waals surface area contributed by atoms with E-state index in [-0.39, 0.29) is 23.5 Å². The highest BCUT2D eigenvalue weighted by Crippen LogP contribution is 2.19. The average Bonchev–Trinajstić information content (AvgIpc) is 3.50. The van der Waals surface area contributed by atoms with Crippen LogP contribution in [0, 0.1) is 0 Å². The zero-order valence-electron chi connectivity index (χ0n) is 17.9. The Balaban J connectivity index is 1.21. The van der Waals surface area contributed by atoms with Crippen LogP contribution >= 0.6 is 11.8 Å². The summed E-state index contributed by atoms with van der Waals surface area (Å²) in [5.41, 5.74) is 1.19. The van der Waals surface area contributed by atoms with Crippen molar-refractivity contribution < 1.29 is 14.4 Å². The molecular formula is C20H26N8O3S. The minimum absolute atomic E-state index is 0.0460. The first-order valence-corrected chi connectivity index (χ1v) is 11.5. The van der Waals surface area contributed by atoms with Gasteiger partial charge in [0.1, 0.15) is 0 Å². The molecular weight excluding hydrogens is 432 g/mol. The van der Waals surface area contributed by atoms with Crippen molar-refractivity contribution in [2.75, 3.05) is 43.8 Å². The number of carbonyl (C=O) groups is 3. The number of nitrogens with zero attached hydrogens (tertiary/aromatic N) is 6. The lowest BCUT2D eigenvalue weighted by molar-refractivity contribution is -0.122. The van der Waals surface area contributed by atoms with Gasteiger partial charge in [-0.15, -0.1) is 5.10 Å². The Morgan fingerprint density at radius 2 is 1.78 bits per heavy atom. The molecule has 2 fully saturated rings. The van der Waals surface area contributed by atoms with Gasteiger partial charge in [-0.1, -0.05) is 11.8 Å². The Labute approximate surface area is 189 Å². The van der Waals surface area contributed by atoms with Crippen LogP contribution in [0.5, 0.6) is 0 Å². The largest absolute Gasteiger partial charge is 0.352 e. The minimum Gasteiger partial charge on any atom is -0.352 e. The normalized spacial score (nSPS) is 16.6. The fraction of sp³-hybridized carbons (Fsp3) is 0.500.